The van der Waals surface area contributed by atoms with Gasteiger partial charge < -0.3 is 4.74 Å². The Bertz CT molecular complexity index is 851. The second kappa shape index (κ2) is 12.5. The maximum Gasteiger partial charge on any atom is 0.123 e. The quantitative estimate of drug-likeness (QED) is 0.258. The number of unbranched alkanes of at least 4 members (excludes halogenated alkanes) is 6. The normalized spacial score (nSPS) is 11.0. The molecule has 30 heavy (non-hydrogen) atoms. The maximum atomic E-state index is 5.85. The van der Waals surface area contributed by atoms with Crippen molar-refractivity contribution in [3.8, 4) is 26.8 Å². The predicted molar refractivity (Wildman–Crippen MR) is 130 cm³/mol. The number of aromatic nitrogens is 1. The first kappa shape index (κ1) is 22.6. The van der Waals surface area contributed by atoms with E-state index in [-0.39, 0.29) is 0 Å². The molecule has 160 valence electrons. The number of ether oxygens (including phenoxy) is 1. The van der Waals surface area contributed by atoms with Crippen LogP contribution in [0.3, 0.4) is 0 Å². The average molecular weight is 422 g/mol. The highest BCUT2D eigenvalue weighted by Crippen LogP contribution is 2.33. The van der Waals surface area contributed by atoms with Gasteiger partial charge in [-0.3, -0.25) is 0 Å². The third kappa shape index (κ3) is 6.98. The van der Waals surface area contributed by atoms with Gasteiger partial charge in [0.25, 0.3) is 0 Å². The lowest BCUT2D eigenvalue weighted by molar-refractivity contribution is 0.305. The van der Waals surface area contributed by atoms with Crippen molar-refractivity contribution in [2.75, 3.05) is 6.61 Å². The van der Waals surface area contributed by atoms with Gasteiger partial charge in [-0.2, -0.15) is 0 Å². The Labute approximate surface area is 186 Å². The standard InChI is InChI=1S/C27H35NOS/c1-3-5-7-9-11-22-12-14-23(15-13-22)26-21-28-27(30-26)24-16-18-25(19-17-24)29-20-10-8-6-4-2/h12-19,21H,3-11,20H2,1-2H3. The molecular formula is C27H35NOS. The first-order valence-corrected chi connectivity index (χ1v) is 12.4. The van der Waals surface area contributed by atoms with Crippen LogP contribution in [0.2, 0.25) is 0 Å². The van der Waals surface area contributed by atoms with Gasteiger partial charge in [-0.15, -0.1) is 11.3 Å². The minimum absolute atomic E-state index is 0.801. The molecule has 0 amide bonds. The van der Waals surface area contributed by atoms with Crippen LogP contribution in [-0.4, -0.2) is 11.6 Å². The molecule has 3 heteroatoms. The molecule has 0 spiro atoms. The van der Waals surface area contributed by atoms with Gasteiger partial charge in [0.15, 0.2) is 0 Å². The molecule has 0 aliphatic rings. The van der Waals surface area contributed by atoms with Crippen molar-refractivity contribution in [3.63, 3.8) is 0 Å². The molecule has 1 heterocycles. The summed E-state index contributed by atoms with van der Waals surface area (Å²) < 4.78 is 5.85. The molecular weight excluding hydrogens is 386 g/mol. The number of hydrogen-bond acceptors (Lipinski definition) is 3. The monoisotopic (exact) mass is 421 g/mol. The summed E-state index contributed by atoms with van der Waals surface area (Å²) in [5.74, 6) is 0.946. The maximum absolute atomic E-state index is 5.85. The van der Waals surface area contributed by atoms with Gasteiger partial charge in [0.2, 0.25) is 0 Å². The molecule has 0 unspecified atom stereocenters. The fourth-order valence-corrected chi connectivity index (χ4v) is 4.47. The SMILES string of the molecule is CCCCCCOc1ccc(-c2ncc(-c3ccc(CCCCCC)cc3)s2)cc1. The lowest BCUT2D eigenvalue weighted by Gasteiger charge is -2.06. The molecule has 2 aromatic carbocycles. The molecule has 2 nitrogen and oxygen atoms in total. The summed E-state index contributed by atoms with van der Waals surface area (Å²) in [5.41, 5.74) is 3.84. The van der Waals surface area contributed by atoms with Crippen molar-refractivity contribution in [2.24, 2.45) is 0 Å². The van der Waals surface area contributed by atoms with E-state index in [1.54, 1.807) is 11.3 Å². The molecule has 3 aromatic rings. The number of hydrogen-bond donors (Lipinski definition) is 0. The van der Waals surface area contributed by atoms with Gasteiger partial charge in [-0.25, -0.2) is 4.98 Å². The number of benzene rings is 2. The van der Waals surface area contributed by atoms with Gasteiger partial charge in [0.1, 0.15) is 10.8 Å². The Morgan fingerprint density at radius 2 is 1.40 bits per heavy atom. The summed E-state index contributed by atoms with van der Waals surface area (Å²) in [4.78, 5) is 5.88. The van der Waals surface area contributed by atoms with Gasteiger partial charge in [0, 0.05) is 11.8 Å². The Hall–Kier alpha value is -2.13. The molecule has 0 bridgehead atoms. The largest absolute Gasteiger partial charge is 0.494 e. The Balaban J connectivity index is 1.54. The fourth-order valence-electron chi connectivity index (χ4n) is 3.55. The van der Waals surface area contributed by atoms with E-state index in [1.807, 2.05) is 6.20 Å². The molecule has 0 aliphatic carbocycles. The highest BCUT2D eigenvalue weighted by atomic mass is 32.1. The predicted octanol–water partition coefficient (Wildman–Crippen LogP) is 8.56. The summed E-state index contributed by atoms with van der Waals surface area (Å²) >= 11 is 1.75. The van der Waals surface area contributed by atoms with E-state index in [0.29, 0.717) is 0 Å². The molecule has 0 N–H and O–H groups in total. The third-order valence-corrected chi connectivity index (χ3v) is 6.53. The topological polar surface area (TPSA) is 22.1 Å². The number of nitrogens with zero attached hydrogens (tertiary/aromatic N) is 1. The van der Waals surface area contributed by atoms with Crippen LogP contribution in [0.15, 0.2) is 54.7 Å². The van der Waals surface area contributed by atoms with Gasteiger partial charge in [-0.05, 0) is 54.7 Å². The van der Waals surface area contributed by atoms with E-state index in [1.165, 1.54) is 67.4 Å². The number of thiazole rings is 1. The number of rotatable bonds is 13. The molecule has 0 saturated heterocycles. The molecule has 0 atom stereocenters. The third-order valence-electron chi connectivity index (χ3n) is 5.43. The van der Waals surface area contributed by atoms with Crippen molar-refractivity contribution in [1.82, 2.24) is 4.98 Å². The first-order valence-electron chi connectivity index (χ1n) is 11.6. The Kier molecular flexibility index (Phi) is 9.43. The zero-order valence-electron chi connectivity index (χ0n) is 18.5. The van der Waals surface area contributed by atoms with Crippen molar-refractivity contribution >= 4 is 11.3 Å². The van der Waals surface area contributed by atoms with Crippen molar-refractivity contribution in [1.29, 1.82) is 0 Å². The second-order valence-corrected chi connectivity index (χ2v) is 9.00. The minimum atomic E-state index is 0.801. The van der Waals surface area contributed by atoms with Crippen molar-refractivity contribution < 1.29 is 4.74 Å². The summed E-state index contributed by atoms with van der Waals surface area (Å²) in [6.07, 6.45) is 13.4. The average Bonchev–Trinajstić information content (AvgIpc) is 3.28. The molecule has 0 fully saturated rings. The lowest BCUT2D eigenvalue weighted by Crippen LogP contribution is -1.96. The second-order valence-electron chi connectivity index (χ2n) is 7.97. The zero-order chi connectivity index (χ0) is 21.0. The first-order chi connectivity index (χ1) is 14.8. The van der Waals surface area contributed by atoms with Crippen LogP contribution in [0.4, 0.5) is 0 Å². The molecule has 1 aromatic heterocycles. The molecule has 3 rings (SSSR count). The van der Waals surface area contributed by atoms with Gasteiger partial charge in [0.05, 0.1) is 11.5 Å². The summed E-state index contributed by atoms with van der Waals surface area (Å²) in [6, 6.07) is 17.4. The molecule has 0 saturated carbocycles. The van der Waals surface area contributed by atoms with Crippen molar-refractivity contribution in [3.05, 3.63) is 60.3 Å². The number of aryl methyl sites for hydroxylation is 1. The summed E-state index contributed by atoms with van der Waals surface area (Å²) in [5, 5.41) is 1.06. The van der Waals surface area contributed by atoms with Crippen LogP contribution >= 0.6 is 11.3 Å². The van der Waals surface area contributed by atoms with E-state index in [0.717, 1.165) is 29.3 Å². The van der Waals surface area contributed by atoms with E-state index < -0.39 is 0 Å². The summed E-state index contributed by atoms with van der Waals surface area (Å²) in [7, 11) is 0. The highest BCUT2D eigenvalue weighted by Gasteiger charge is 2.07. The smallest absolute Gasteiger partial charge is 0.123 e. The van der Waals surface area contributed by atoms with E-state index in [4.69, 9.17) is 4.74 Å². The zero-order valence-corrected chi connectivity index (χ0v) is 19.3. The van der Waals surface area contributed by atoms with Crippen LogP contribution < -0.4 is 4.74 Å². The van der Waals surface area contributed by atoms with E-state index in [2.05, 4.69) is 67.4 Å². The van der Waals surface area contributed by atoms with Crippen LogP contribution in [0.25, 0.3) is 21.0 Å². The van der Waals surface area contributed by atoms with Gasteiger partial charge >= 0.3 is 0 Å². The summed E-state index contributed by atoms with van der Waals surface area (Å²) in [6.45, 7) is 5.29. The minimum Gasteiger partial charge on any atom is -0.494 e. The van der Waals surface area contributed by atoms with Gasteiger partial charge in [-0.1, -0.05) is 76.6 Å². The Morgan fingerprint density at radius 3 is 2.10 bits per heavy atom. The van der Waals surface area contributed by atoms with Crippen LogP contribution in [-0.2, 0) is 6.42 Å². The van der Waals surface area contributed by atoms with Crippen LogP contribution in [0.5, 0.6) is 5.75 Å². The van der Waals surface area contributed by atoms with E-state index >= 15 is 0 Å². The Morgan fingerprint density at radius 1 is 0.733 bits per heavy atom. The molecule has 0 radical (unpaired) electrons. The van der Waals surface area contributed by atoms with E-state index in [9.17, 15) is 0 Å². The van der Waals surface area contributed by atoms with Crippen LogP contribution in [0.1, 0.15) is 70.8 Å². The highest BCUT2D eigenvalue weighted by molar-refractivity contribution is 7.18. The van der Waals surface area contributed by atoms with Crippen LogP contribution in [0, 0.1) is 0 Å². The molecule has 0 aliphatic heterocycles. The lowest BCUT2D eigenvalue weighted by atomic mass is 10.0. The fraction of sp³-hybridized carbons (Fsp3) is 0.444. The van der Waals surface area contributed by atoms with Crippen molar-refractivity contribution in [2.45, 2.75) is 71.6 Å².